The average Bonchev–Trinajstić information content (AvgIpc) is 3.48. The number of carbonyl (C=O) groups is 1. The zero-order valence-electron chi connectivity index (χ0n) is 19.8. The number of anilines is 2. The molecule has 3 heterocycles. The lowest BCUT2D eigenvalue weighted by Gasteiger charge is -2.26. The van der Waals surface area contributed by atoms with Crippen LogP contribution >= 0.6 is 0 Å². The van der Waals surface area contributed by atoms with Crippen molar-refractivity contribution in [2.75, 3.05) is 23.7 Å². The number of nitrogens with two attached hydrogens (primary N) is 1. The first-order valence-electron chi connectivity index (χ1n) is 11.6. The van der Waals surface area contributed by atoms with E-state index in [1.54, 1.807) is 16.8 Å². The highest BCUT2D eigenvalue weighted by Gasteiger charge is 2.37. The third-order valence-electron chi connectivity index (χ3n) is 6.44. The van der Waals surface area contributed by atoms with Crippen molar-refractivity contribution >= 4 is 17.7 Å². The molecule has 192 valence electrons. The normalized spacial score (nSPS) is 18.3. The molecule has 1 aliphatic carbocycles. The van der Waals surface area contributed by atoms with Gasteiger partial charge in [-0.25, -0.2) is 19.2 Å². The monoisotopic (exact) mass is 513 g/mol. The van der Waals surface area contributed by atoms with E-state index in [4.69, 9.17) is 5.73 Å². The van der Waals surface area contributed by atoms with Crippen LogP contribution in [0.3, 0.4) is 0 Å². The number of urea groups is 1. The minimum absolute atomic E-state index is 0.103. The molecule has 0 radical (unpaired) electrons. The lowest BCUT2D eigenvalue weighted by atomic mass is 9.89. The minimum Gasteiger partial charge on any atom is -0.368 e. The van der Waals surface area contributed by atoms with E-state index in [2.05, 4.69) is 15.1 Å². The Morgan fingerprint density at radius 1 is 1.11 bits per heavy atom. The Balaban J connectivity index is 1.40. The number of amides is 2. The number of benzene rings is 1. The van der Waals surface area contributed by atoms with Gasteiger partial charge in [0.15, 0.2) is 0 Å². The van der Waals surface area contributed by atoms with Gasteiger partial charge < -0.3 is 5.73 Å². The maximum Gasteiger partial charge on any atom is 0.416 e. The van der Waals surface area contributed by atoms with Gasteiger partial charge in [-0.05, 0) is 43.3 Å². The summed E-state index contributed by atoms with van der Waals surface area (Å²) in [6.45, 7) is 2.96. The summed E-state index contributed by atoms with van der Waals surface area (Å²) in [5.41, 5.74) is 7.41. The van der Waals surface area contributed by atoms with E-state index >= 15 is 4.39 Å². The molecule has 0 bridgehead atoms. The third-order valence-corrected chi connectivity index (χ3v) is 6.44. The molecule has 3 aromatic rings. The van der Waals surface area contributed by atoms with E-state index in [0.717, 1.165) is 17.7 Å². The molecule has 1 atom stereocenters. The van der Waals surface area contributed by atoms with E-state index in [9.17, 15) is 18.0 Å². The van der Waals surface area contributed by atoms with Crippen molar-refractivity contribution < 1.29 is 22.4 Å². The Morgan fingerprint density at radius 3 is 2.51 bits per heavy atom. The van der Waals surface area contributed by atoms with Gasteiger partial charge in [0.25, 0.3) is 0 Å². The van der Waals surface area contributed by atoms with Gasteiger partial charge in [-0.15, -0.1) is 0 Å². The predicted octanol–water partition coefficient (Wildman–Crippen LogP) is 5.13. The molecule has 1 aromatic carbocycles. The molecule has 1 saturated heterocycles. The first-order valence-corrected chi connectivity index (χ1v) is 11.6. The molecular weight excluding hydrogens is 490 g/mol. The first-order chi connectivity index (χ1) is 17.7. The van der Waals surface area contributed by atoms with Crippen molar-refractivity contribution in [2.45, 2.75) is 32.0 Å². The summed E-state index contributed by atoms with van der Waals surface area (Å²) >= 11 is 0. The van der Waals surface area contributed by atoms with Crippen LogP contribution in [0, 0.1) is 0 Å². The molecule has 5 rings (SSSR count). The quantitative estimate of drug-likeness (QED) is 0.478. The van der Waals surface area contributed by atoms with Crippen LogP contribution in [0.2, 0.25) is 0 Å². The number of hydrogen-bond acceptors (Lipinski definition) is 5. The van der Waals surface area contributed by atoms with Gasteiger partial charge in [0, 0.05) is 55.6 Å². The number of allylic oxidation sites excluding steroid dienone is 4. The number of aryl methyl sites for hydroxylation is 1. The fraction of sp³-hybridized carbons (Fsp3) is 0.280. The standard InChI is InChI=1S/C25H23F4N7O/c1-2-34-14-18(22(33-34)20-9-10-31-23(30)32-20)15-3-8-19(26)21(13-15)36-12-11-35(24(36)37)17-6-4-16(5-7-17)25(27,28)29/h3-10,14-15H,2,11-13H2,1H3,(H2,30,31,32). The summed E-state index contributed by atoms with van der Waals surface area (Å²) in [5.74, 6) is -0.727. The van der Waals surface area contributed by atoms with Gasteiger partial charge in [0.1, 0.15) is 11.5 Å². The topological polar surface area (TPSA) is 93.2 Å². The number of rotatable bonds is 5. The molecule has 37 heavy (non-hydrogen) atoms. The van der Waals surface area contributed by atoms with E-state index in [1.165, 1.54) is 34.2 Å². The lowest BCUT2D eigenvalue weighted by Crippen LogP contribution is -2.32. The van der Waals surface area contributed by atoms with Crippen LogP contribution in [0.5, 0.6) is 0 Å². The van der Waals surface area contributed by atoms with Crippen molar-refractivity contribution in [3.8, 4) is 11.4 Å². The van der Waals surface area contributed by atoms with Crippen molar-refractivity contribution in [2.24, 2.45) is 0 Å². The molecule has 8 nitrogen and oxygen atoms in total. The SMILES string of the molecule is CCn1cc(C2C=CC(F)=C(N3CCN(c4ccc(C(F)(F)F)cc4)C3=O)C2)c(-c2ccnc(N)n2)n1. The zero-order valence-corrected chi connectivity index (χ0v) is 19.8. The summed E-state index contributed by atoms with van der Waals surface area (Å²) in [7, 11) is 0. The lowest BCUT2D eigenvalue weighted by molar-refractivity contribution is -0.137. The van der Waals surface area contributed by atoms with Crippen molar-refractivity contribution in [3.63, 3.8) is 0 Å². The smallest absolute Gasteiger partial charge is 0.368 e. The highest BCUT2D eigenvalue weighted by molar-refractivity contribution is 5.95. The van der Waals surface area contributed by atoms with Crippen molar-refractivity contribution in [3.05, 3.63) is 77.5 Å². The number of hydrogen-bond donors (Lipinski definition) is 1. The van der Waals surface area contributed by atoms with Crippen LogP contribution in [0.4, 0.5) is 34.0 Å². The van der Waals surface area contributed by atoms with Crippen LogP contribution in [-0.4, -0.2) is 43.8 Å². The molecule has 2 aromatic heterocycles. The van der Waals surface area contributed by atoms with Crippen LogP contribution < -0.4 is 10.6 Å². The largest absolute Gasteiger partial charge is 0.416 e. The maximum atomic E-state index is 15.0. The van der Waals surface area contributed by atoms with Gasteiger partial charge in [-0.1, -0.05) is 6.08 Å². The van der Waals surface area contributed by atoms with Crippen molar-refractivity contribution in [1.82, 2.24) is 24.6 Å². The fourth-order valence-corrected chi connectivity index (χ4v) is 4.56. The second kappa shape index (κ2) is 9.34. The summed E-state index contributed by atoms with van der Waals surface area (Å²) in [6.07, 6.45) is 2.17. The highest BCUT2D eigenvalue weighted by Crippen LogP contribution is 2.39. The van der Waals surface area contributed by atoms with Gasteiger partial charge in [-0.2, -0.15) is 18.3 Å². The molecule has 1 fully saturated rings. The first kappa shape index (κ1) is 24.5. The average molecular weight is 513 g/mol. The van der Waals surface area contributed by atoms with Crippen LogP contribution in [0.1, 0.15) is 30.4 Å². The number of alkyl halides is 3. The maximum absolute atomic E-state index is 15.0. The third kappa shape index (κ3) is 4.66. The second-order valence-corrected chi connectivity index (χ2v) is 8.68. The summed E-state index contributed by atoms with van der Waals surface area (Å²) in [6, 6.07) is 5.55. The van der Waals surface area contributed by atoms with E-state index in [-0.39, 0.29) is 37.1 Å². The molecule has 1 aliphatic heterocycles. The molecule has 12 heteroatoms. The Morgan fingerprint density at radius 2 is 1.84 bits per heavy atom. The van der Waals surface area contributed by atoms with Gasteiger partial charge in [0.05, 0.1) is 17.0 Å². The number of halogens is 4. The molecule has 2 amide bonds. The number of nitrogens with zero attached hydrogens (tertiary/aromatic N) is 6. The Kier molecular flexibility index (Phi) is 6.18. The summed E-state index contributed by atoms with van der Waals surface area (Å²) in [5, 5.41) is 4.61. The van der Waals surface area contributed by atoms with Crippen LogP contribution in [-0.2, 0) is 12.7 Å². The van der Waals surface area contributed by atoms with E-state index in [1.807, 2.05) is 13.1 Å². The highest BCUT2D eigenvalue weighted by atomic mass is 19.4. The molecule has 1 unspecified atom stereocenters. The molecule has 2 aliphatic rings. The molecule has 0 saturated carbocycles. The number of nitrogen functional groups attached to an aromatic ring is 1. The van der Waals surface area contributed by atoms with Crippen LogP contribution in [0.25, 0.3) is 11.4 Å². The van der Waals surface area contributed by atoms with Gasteiger partial charge >= 0.3 is 12.2 Å². The van der Waals surface area contributed by atoms with E-state index in [0.29, 0.717) is 23.6 Å². The predicted molar refractivity (Wildman–Crippen MR) is 129 cm³/mol. The second-order valence-electron chi connectivity index (χ2n) is 8.68. The van der Waals surface area contributed by atoms with Crippen molar-refractivity contribution in [1.29, 1.82) is 0 Å². The summed E-state index contributed by atoms with van der Waals surface area (Å²) in [4.78, 5) is 24.1. The number of carbonyl (C=O) groups excluding carboxylic acids is 1. The molecule has 0 spiro atoms. The Bertz CT molecular complexity index is 1390. The summed E-state index contributed by atoms with van der Waals surface area (Å²) < 4.78 is 55.5. The zero-order chi connectivity index (χ0) is 26.3. The fourth-order valence-electron chi connectivity index (χ4n) is 4.56. The van der Waals surface area contributed by atoms with E-state index < -0.39 is 23.6 Å². The van der Waals surface area contributed by atoms with Gasteiger partial charge in [-0.3, -0.25) is 14.5 Å². The molecular formula is C25H23F4N7O. The van der Waals surface area contributed by atoms with Gasteiger partial charge in [0.2, 0.25) is 5.95 Å². The van der Waals surface area contributed by atoms with Crippen LogP contribution in [0.15, 0.2) is 66.4 Å². The minimum atomic E-state index is -4.47. The Hall–Kier alpha value is -4.22. The Labute approximate surface area is 209 Å². The molecule has 2 N–H and O–H groups in total. The number of aromatic nitrogens is 4.